The Bertz CT molecular complexity index is 957. The number of carbonyl (C=O) groups excluding carboxylic acids is 4. The van der Waals surface area contributed by atoms with E-state index in [9.17, 15) is 19.2 Å². The summed E-state index contributed by atoms with van der Waals surface area (Å²) < 4.78 is 5.39. The number of carbonyl (C=O) groups is 4. The van der Waals surface area contributed by atoms with Gasteiger partial charge in [0.15, 0.2) is 0 Å². The number of hydrogen-bond acceptors (Lipinski definition) is 5. The Balaban J connectivity index is 3.53. The normalized spacial score (nSPS) is 12.8. The molecule has 9 heteroatoms. The van der Waals surface area contributed by atoms with Crippen molar-refractivity contribution in [2.45, 2.75) is 118 Å². The molecule has 1 rings (SSSR count). The van der Waals surface area contributed by atoms with Gasteiger partial charge in [0.05, 0.1) is 0 Å². The van der Waals surface area contributed by atoms with Gasteiger partial charge in [0.1, 0.15) is 17.7 Å². The highest BCUT2D eigenvalue weighted by molar-refractivity contribution is 5.92. The van der Waals surface area contributed by atoms with Crippen molar-refractivity contribution in [1.82, 2.24) is 15.5 Å². The average Bonchev–Trinajstić information content (AvgIpc) is 2.84. The van der Waals surface area contributed by atoms with E-state index in [0.717, 1.165) is 48.8 Å². The van der Waals surface area contributed by atoms with Crippen molar-refractivity contribution >= 4 is 23.8 Å². The maximum absolute atomic E-state index is 14.2. The second-order valence-corrected chi connectivity index (χ2v) is 11.2. The largest absolute Gasteiger partial charge is 0.444 e. The molecule has 0 aliphatic carbocycles. The lowest BCUT2D eigenvalue weighted by atomic mass is 9.95. The van der Waals surface area contributed by atoms with E-state index in [2.05, 4.69) is 24.5 Å². The van der Waals surface area contributed by atoms with Crippen molar-refractivity contribution in [3.05, 3.63) is 34.9 Å². The first-order valence-corrected chi connectivity index (χ1v) is 14.2. The van der Waals surface area contributed by atoms with Gasteiger partial charge in [-0.1, -0.05) is 63.3 Å². The summed E-state index contributed by atoms with van der Waals surface area (Å²) >= 11 is 0. The van der Waals surface area contributed by atoms with Crippen LogP contribution in [0.2, 0.25) is 0 Å². The molecule has 0 saturated heterocycles. The predicted molar refractivity (Wildman–Crippen MR) is 154 cm³/mol. The highest BCUT2D eigenvalue weighted by Crippen LogP contribution is 2.28. The van der Waals surface area contributed by atoms with E-state index in [0.29, 0.717) is 19.5 Å². The summed E-state index contributed by atoms with van der Waals surface area (Å²) in [5.41, 5.74) is 7.21. The maximum Gasteiger partial charge on any atom is 0.408 e. The summed E-state index contributed by atoms with van der Waals surface area (Å²) in [6.07, 6.45) is 4.45. The number of primary amides is 1. The molecule has 1 aromatic carbocycles. The quantitative estimate of drug-likeness (QED) is 0.256. The summed E-state index contributed by atoms with van der Waals surface area (Å²) in [5, 5.41) is 5.67. The molecule has 4 N–H and O–H groups in total. The lowest BCUT2D eigenvalue weighted by molar-refractivity contribution is -0.142. The van der Waals surface area contributed by atoms with Gasteiger partial charge in [0.25, 0.3) is 0 Å². The van der Waals surface area contributed by atoms with Crippen molar-refractivity contribution in [2.24, 2.45) is 5.73 Å². The standard InChI is InChI=1S/C30H50N4O5/c1-8-10-12-18-32-27(36)26(23-20-21(3)14-15-22(23)4)34(19-13-11-9-2)28(37)24(16-17-25(31)35)33-29(38)39-30(5,6)7/h14-15,20,24,26H,8-13,16-19H2,1-7H3,(H2,31,35)(H,32,36)(H,33,38). The Morgan fingerprint density at radius 3 is 2.23 bits per heavy atom. The fraction of sp³-hybridized carbons (Fsp3) is 0.667. The van der Waals surface area contributed by atoms with Crippen LogP contribution in [0.4, 0.5) is 4.79 Å². The number of hydrogen-bond donors (Lipinski definition) is 3. The molecule has 4 amide bonds. The summed E-state index contributed by atoms with van der Waals surface area (Å²) in [5.74, 6) is -1.31. The summed E-state index contributed by atoms with van der Waals surface area (Å²) in [6.45, 7) is 14.0. The first-order chi connectivity index (χ1) is 18.3. The molecule has 0 spiro atoms. The van der Waals surface area contributed by atoms with Crippen molar-refractivity contribution in [3.63, 3.8) is 0 Å². The molecule has 0 aromatic heterocycles. The minimum absolute atomic E-state index is 0.00464. The Hall–Kier alpha value is -3.10. The molecule has 0 fully saturated rings. The third-order valence-electron chi connectivity index (χ3n) is 6.32. The number of ether oxygens (including phenoxy) is 1. The molecule has 2 atom stereocenters. The maximum atomic E-state index is 14.2. The van der Waals surface area contributed by atoms with Crippen LogP contribution in [0.25, 0.3) is 0 Å². The topological polar surface area (TPSA) is 131 Å². The monoisotopic (exact) mass is 546 g/mol. The number of benzene rings is 1. The van der Waals surface area contributed by atoms with Crippen molar-refractivity contribution in [3.8, 4) is 0 Å². The third kappa shape index (κ3) is 12.5. The first kappa shape index (κ1) is 33.9. The number of nitrogens with zero attached hydrogens (tertiary/aromatic N) is 1. The van der Waals surface area contributed by atoms with Crippen LogP contribution in [-0.4, -0.2) is 53.4 Å². The van der Waals surface area contributed by atoms with Gasteiger partial charge in [-0.15, -0.1) is 0 Å². The van der Waals surface area contributed by atoms with Gasteiger partial charge in [-0.2, -0.15) is 0 Å². The molecule has 0 aliphatic heterocycles. The highest BCUT2D eigenvalue weighted by atomic mass is 16.6. The second kappa shape index (κ2) is 16.8. The molecule has 0 bridgehead atoms. The van der Waals surface area contributed by atoms with Crippen LogP contribution in [0.3, 0.4) is 0 Å². The Labute approximate surface area is 234 Å². The zero-order valence-electron chi connectivity index (χ0n) is 25.0. The SMILES string of the molecule is CCCCCNC(=O)C(c1cc(C)ccc1C)N(CCCCC)C(=O)C(CCC(N)=O)NC(=O)OC(C)(C)C. The van der Waals surface area contributed by atoms with Crippen LogP contribution in [0.5, 0.6) is 0 Å². The van der Waals surface area contributed by atoms with E-state index in [1.807, 2.05) is 32.0 Å². The number of rotatable bonds is 16. The average molecular weight is 547 g/mol. The van der Waals surface area contributed by atoms with Gasteiger partial charge in [0.2, 0.25) is 17.7 Å². The molecule has 0 radical (unpaired) electrons. The van der Waals surface area contributed by atoms with Crippen LogP contribution in [-0.2, 0) is 19.1 Å². The van der Waals surface area contributed by atoms with Gasteiger partial charge in [0, 0.05) is 19.5 Å². The van der Waals surface area contributed by atoms with Gasteiger partial charge < -0.3 is 26.0 Å². The first-order valence-electron chi connectivity index (χ1n) is 14.2. The minimum atomic E-state index is -1.09. The Kier molecular flexibility index (Phi) is 14.6. The number of aryl methyl sites for hydroxylation is 2. The van der Waals surface area contributed by atoms with Crippen LogP contribution >= 0.6 is 0 Å². The number of nitrogens with two attached hydrogens (primary N) is 1. The van der Waals surface area contributed by atoms with Crippen LogP contribution in [0.1, 0.15) is 109 Å². The molecule has 0 aliphatic rings. The molecular formula is C30H50N4O5. The van der Waals surface area contributed by atoms with Crippen molar-refractivity contribution in [1.29, 1.82) is 0 Å². The summed E-state index contributed by atoms with van der Waals surface area (Å²) in [7, 11) is 0. The zero-order valence-corrected chi connectivity index (χ0v) is 25.0. The molecule has 39 heavy (non-hydrogen) atoms. The number of unbranched alkanes of at least 4 members (excludes halogenated alkanes) is 4. The van der Waals surface area contributed by atoms with E-state index in [4.69, 9.17) is 10.5 Å². The summed E-state index contributed by atoms with van der Waals surface area (Å²) in [4.78, 5) is 53.8. The number of amides is 4. The molecule has 220 valence electrons. The Morgan fingerprint density at radius 1 is 1.00 bits per heavy atom. The van der Waals surface area contributed by atoms with Crippen molar-refractivity contribution in [2.75, 3.05) is 13.1 Å². The van der Waals surface area contributed by atoms with E-state index >= 15 is 0 Å². The summed E-state index contributed by atoms with van der Waals surface area (Å²) in [6, 6.07) is 3.87. The molecule has 0 heterocycles. The highest BCUT2D eigenvalue weighted by Gasteiger charge is 2.36. The van der Waals surface area contributed by atoms with Gasteiger partial charge in [-0.3, -0.25) is 14.4 Å². The van der Waals surface area contributed by atoms with Crippen LogP contribution < -0.4 is 16.4 Å². The fourth-order valence-corrected chi connectivity index (χ4v) is 4.28. The van der Waals surface area contributed by atoms with Gasteiger partial charge in [-0.05, 0) is 65.0 Å². The minimum Gasteiger partial charge on any atom is -0.444 e. The van der Waals surface area contributed by atoms with Crippen LogP contribution in [0, 0.1) is 13.8 Å². The smallest absolute Gasteiger partial charge is 0.408 e. The zero-order chi connectivity index (χ0) is 29.6. The lowest BCUT2D eigenvalue weighted by Crippen LogP contribution is -2.53. The van der Waals surface area contributed by atoms with Gasteiger partial charge in [-0.25, -0.2) is 4.79 Å². The Morgan fingerprint density at radius 2 is 1.64 bits per heavy atom. The molecule has 2 unspecified atom stereocenters. The molecular weight excluding hydrogens is 496 g/mol. The third-order valence-corrected chi connectivity index (χ3v) is 6.32. The predicted octanol–water partition coefficient (Wildman–Crippen LogP) is 4.83. The second-order valence-electron chi connectivity index (χ2n) is 11.2. The molecule has 0 saturated carbocycles. The molecule has 1 aromatic rings. The van der Waals surface area contributed by atoms with E-state index in [1.165, 1.54) is 0 Å². The van der Waals surface area contributed by atoms with Crippen LogP contribution in [0.15, 0.2) is 18.2 Å². The van der Waals surface area contributed by atoms with E-state index in [1.54, 1.807) is 25.7 Å². The fourth-order valence-electron chi connectivity index (χ4n) is 4.28. The molecule has 9 nitrogen and oxygen atoms in total. The lowest BCUT2D eigenvalue weighted by Gasteiger charge is -2.35. The number of nitrogens with one attached hydrogen (secondary N) is 2. The van der Waals surface area contributed by atoms with E-state index in [-0.39, 0.29) is 18.7 Å². The number of alkyl carbamates (subject to hydrolysis) is 1. The van der Waals surface area contributed by atoms with E-state index < -0.39 is 35.6 Å². The van der Waals surface area contributed by atoms with Gasteiger partial charge >= 0.3 is 6.09 Å². The van der Waals surface area contributed by atoms with Crippen molar-refractivity contribution < 1.29 is 23.9 Å².